The number of thiophene rings is 1. The lowest BCUT2D eigenvalue weighted by Gasteiger charge is -2.03. The number of pyridine rings is 1. The summed E-state index contributed by atoms with van der Waals surface area (Å²) < 4.78 is 1.37. The van der Waals surface area contributed by atoms with Crippen LogP contribution in [0, 0.1) is 13.8 Å². The van der Waals surface area contributed by atoms with Gasteiger partial charge < -0.3 is 0 Å². The van der Waals surface area contributed by atoms with E-state index in [2.05, 4.69) is 78.5 Å². The zero-order valence-electron chi connectivity index (χ0n) is 18.0. The average molecular weight is 428 g/mol. The van der Waals surface area contributed by atoms with Gasteiger partial charge in [-0.1, -0.05) is 92.9 Å². The lowest BCUT2D eigenvalue weighted by Crippen LogP contribution is -1.88. The van der Waals surface area contributed by atoms with E-state index in [0.29, 0.717) is 0 Å². The van der Waals surface area contributed by atoms with Crippen LogP contribution in [0.25, 0.3) is 21.3 Å². The van der Waals surface area contributed by atoms with Gasteiger partial charge in [-0.25, -0.2) is 0 Å². The molecular weight excluding hydrogens is 394 g/mol. The minimum absolute atomic E-state index is 0. The summed E-state index contributed by atoms with van der Waals surface area (Å²) in [5.41, 5.74) is 4.57. The van der Waals surface area contributed by atoms with Crippen molar-refractivity contribution in [1.82, 2.24) is 4.98 Å². The van der Waals surface area contributed by atoms with Crippen molar-refractivity contribution in [3.63, 3.8) is 0 Å². The largest absolute Gasteiger partial charge is 0.253 e. The first-order valence-electron chi connectivity index (χ1n) is 9.97. The second-order valence-electron chi connectivity index (χ2n) is 6.64. The van der Waals surface area contributed by atoms with E-state index in [4.69, 9.17) is 0 Å². The minimum Gasteiger partial charge on any atom is -0.253 e. The van der Waals surface area contributed by atoms with E-state index in [1.807, 2.05) is 56.4 Å². The molecule has 0 N–H and O–H groups in total. The first kappa shape index (κ1) is 25.8. The molecular formula is C29H33NS. The summed E-state index contributed by atoms with van der Waals surface area (Å²) in [6.45, 7) is 9.62. The SMILES string of the molecule is C.C=C/C=C\C=C/C.Cc1cc(C)nc(-c2ccccc2)c1.c1ccc2sccc2c1. The van der Waals surface area contributed by atoms with Gasteiger partial charge in [0, 0.05) is 16.0 Å². The Morgan fingerprint density at radius 3 is 2.19 bits per heavy atom. The number of allylic oxidation sites excluding steroid dienone is 5. The molecule has 0 aliphatic carbocycles. The monoisotopic (exact) mass is 427 g/mol. The Labute approximate surface area is 192 Å². The highest BCUT2D eigenvalue weighted by molar-refractivity contribution is 7.17. The van der Waals surface area contributed by atoms with Crippen LogP contribution in [0.5, 0.6) is 0 Å². The number of benzene rings is 2. The summed E-state index contributed by atoms with van der Waals surface area (Å²) in [7, 11) is 0. The summed E-state index contributed by atoms with van der Waals surface area (Å²) in [4.78, 5) is 4.50. The summed E-state index contributed by atoms with van der Waals surface area (Å²) in [5, 5.41) is 3.47. The standard InChI is InChI=1S/C13H13N.C8H6S.C7H10.CH4/c1-10-8-11(2)14-13(9-10)12-6-4-3-5-7-12;1-2-4-8-7(3-1)5-6-9-8;1-3-5-7-6-4-2;/h3-9H,1-2H3;1-6H;3-7H,1H2,2H3;1H4/b;;6-4-,7-5-;. The highest BCUT2D eigenvalue weighted by Crippen LogP contribution is 2.19. The van der Waals surface area contributed by atoms with Gasteiger partial charge in [0.15, 0.2) is 0 Å². The Balaban J connectivity index is 0.000000246. The zero-order valence-corrected chi connectivity index (χ0v) is 18.8. The van der Waals surface area contributed by atoms with Gasteiger partial charge in [-0.2, -0.15) is 0 Å². The van der Waals surface area contributed by atoms with Gasteiger partial charge >= 0.3 is 0 Å². The molecule has 31 heavy (non-hydrogen) atoms. The molecule has 0 saturated carbocycles. The van der Waals surface area contributed by atoms with Crippen LogP contribution in [0.2, 0.25) is 0 Å². The Hall–Kier alpha value is -3.23. The van der Waals surface area contributed by atoms with Gasteiger partial charge in [0.1, 0.15) is 0 Å². The van der Waals surface area contributed by atoms with Crippen molar-refractivity contribution in [1.29, 1.82) is 0 Å². The Morgan fingerprint density at radius 2 is 1.55 bits per heavy atom. The molecule has 160 valence electrons. The number of rotatable bonds is 3. The zero-order chi connectivity index (χ0) is 21.6. The van der Waals surface area contributed by atoms with E-state index >= 15 is 0 Å². The van der Waals surface area contributed by atoms with Gasteiger partial charge in [-0.15, -0.1) is 11.3 Å². The third-order valence-corrected chi connectivity index (χ3v) is 4.98. The number of hydrogen-bond acceptors (Lipinski definition) is 2. The molecule has 0 saturated heterocycles. The van der Waals surface area contributed by atoms with E-state index in [-0.39, 0.29) is 7.43 Å². The third-order valence-electron chi connectivity index (χ3n) is 4.08. The number of aryl methyl sites for hydroxylation is 2. The van der Waals surface area contributed by atoms with Gasteiger partial charge in [-0.05, 0) is 61.4 Å². The van der Waals surface area contributed by atoms with E-state index in [1.165, 1.54) is 21.2 Å². The quantitative estimate of drug-likeness (QED) is 0.297. The van der Waals surface area contributed by atoms with Crippen molar-refractivity contribution in [2.75, 3.05) is 0 Å². The van der Waals surface area contributed by atoms with E-state index in [0.717, 1.165) is 11.4 Å². The molecule has 2 heteroatoms. The molecule has 0 spiro atoms. The van der Waals surface area contributed by atoms with Gasteiger partial charge in [0.25, 0.3) is 0 Å². The molecule has 2 aromatic heterocycles. The Kier molecular flexibility index (Phi) is 12.2. The summed E-state index contributed by atoms with van der Waals surface area (Å²) >= 11 is 1.79. The molecule has 1 nitrogen and oxygen atoms in total. The fraction of sp³-hybridized carbons (Fsp3) is 0.138. The molecule has 2 aromatic carbocycles. The van der Waals surface area contributed by atoms with Crippen molar-refractivity contribution in [2.24, 2.45) is 0 Å². The van der Waals surface area contributed by atoms with Crippen molar-refractivity contribution in [3.05, 3.63) is 126 Å². The molecule has 2 heterocycles. The predicted molar refractivity (Wildman–Crippen MR) is 142 cm³/mol. The smallest absolute Gasteiger partial charge is 0.0707 e. The molecule has 0 aliphatic rings. The minimum atomic E-state index is 0. The van der Waals surface area contributed by atoms with E-state index < -0.39 is 0 Å². The maximum atomic E-state index is 4.50. The maximum Gasteiger partial charge on any atom is 0.0707 e. The van der Waals surface area contributed by atoms with E-state index in [1.54, 1.807) is 17.4 Å². The molecule has 0 radical (unpaired) electrons. The van der Waals surface area contributed by atoms with Crippen molar-refractivity contribution in [3.8, 4) is 11.3 Å². The van der Waals surface area contributed by atoms with Gasteiger partial charge in [-0.3, -0.25) is 4.98 Å². The summed E-state index contributed by atoms with van der Waals surface area (Å²) in [5.74, 6) is 0. The number of hydrogen-bond donors (Lipinski definition) is 0. The van der Waals surface area contributed by atoms with Crippen LogP contribution < -0.4 is 0 Å². The lowest BCUT2D eigenvalue weighted by molar-refractivity contribution is 1.18. The van der Waals surface area contributed by atoms with Crippen LogP contribution in [0.3, 0.4) is 0 Å². The highest BCUT2D eigenvalue weighted by atomic mass is 32.1. The van der Waals surface area contributed by atoms with Crippen LogP contribution in [0.15, 0.2) is 115 Å². The van der Waals surface area contributed by atoms with Crippen LogP contribution in [-0.4, -0.2) is 4.98 Å². The van der Waals surface area contributed by atoms with E-state index in [9.17, 15) is 0 Å². The fourth-order valence-corrected chi connectivity index (χ4v) is 3.55. The topological polar surface area (TPSA) is 12.9 Å². The molecule has 4 aromatic rings. The first-order chi connectivity index (χ1) is 14.6. The maximum absolute atomic E-state index is 4.50. The molecule has 0 unspecified atom stereocenters. The Bertz CT molecular complexity index is 1040. The number of aromatic nitrogens is 1. The van der Waals surface area contributed by atoms with Gasteiger partial charge in [0.05, 0.1) is 5.69 Å². The molecule has 0 fully saturated rings. The fourth-order valence-electron chi connectivity index (χ4n) is 2.76. The number of fused-ring (bicyclic) bond motifs is 1. The molecule has 0 atom stereocenters. The van der Waals surface area contributed by atoms with Crippen molar-refractivity contribution in [2.45, 2.75) is 28.2 Å². The second kappa shape index (κ2) is 14.7. The summed E-state index contributed by atoms with van der Waals surface area (Å²) in [6, 6.07) is 25.0. The molecule has 0 amide bonds. The van der Waals surface area contributed by atoms with Gasteiger partial charge in [0.2, 0.25) is 0 Å². The van der Waals surface area contributed by atoms with Crippen molar-refractivity contribution < 1.29 is 0 Å². The third kappa shape index (κ3) is 9.41. The second-order valence-corrected chi connectivity index (χ2v) is 7.59. The first-order valence-corrected chi connectivity index (χ1v) is 10.9. The average Bonchev–Trinajstić information content (AvgIpc) is 3.24. The molecule has 0 bridgehead atoms. The number of nitrogens with zero attached hydrogens (tertiary/aromatic N) is 1. The summed E-state index contributed by atoms with van der Waals surface area (Å²) in [6.07, 6.45) is 9.51. The van der Waals surface area contributed by atoms with Crippen LogP contribution in [0.4, 0.5) is 0 Å². The molecule has 4 rings (SSSR count). The van der Waals surface area contributed by atoms with Crippen molar-refractivity contribution >= 4 is 21.4 Å². The van der Waals surface area contributed by atoms with Crippen LogP contribution >= 0.6 is 11.3 Å². The highest BCUT2D eigenvalue weighted by Gasteiger charge is 1.99. The van der Waals surface area contributed by atoms with Crippen LogP contribution in [-0.2, 0) is 0 Å². The lowest BCUT2D eigenvalue weighted by atomic mass is 10.1. The molecule has 0 aliphatic heterocycles. The van der Waals surface area contributed by atoms with Crippen LogP contribution in [0.1, 0.15) is 25.6 Å². The normalized spacial score (nSPS) is 10.0. The Morgan fingerprint density at radius 1 is 0.839 bits per heavy atom. The predicted octanol–water partition coefficient (Wildman–Crippen LogP) is 9.21.